The molecule has 0 saturated carbocycles. The average molecular weight is 337 g/mol. The van der Waals surface area contributed by atoms with Crippen LogP contribution in [-0.4, -0.2) is 37.2 Å². The number of aryl methyl sites for hydroxylation is 2. The van der Waals surface area contributed by atoms with Gasteiger partial charge in [0.25, 0.3) is 5.56 Å². The Bertz CT molecular complexity index is 827. The van der Waals surface area contributed by atoms with Crippen molar-refractivity contribution in [3.8, 4) is 0 Å². The molecule has 0 aliphatic heterocycles. The van der Waals surface area contributed by atoms with E-state index >= 15 is 0 Å². The van der Waals surface area contributed by atoms with Gasteiger partial charge >= 0.3 is 5.69 Å². The van der Waals surface area contributed by atoms with Gasteiger partial charge in [0.15, 0.2) is 11.2 Å². The molecule has 2 rings (SSSR count). The lowest BCUT2D eigenvalue weighted by atomic mass is 10.3. The molecule has 2 aromatic rings. The predicted octanol–water partition coefficient (Wildman–Crippen LogP) is 0.624. The summed E-state index contributed by atoms with van der Waals surface area (Å²) < 4.78 is 3.27. The molecule has 0 bridgehead atoms. The maximum Gasteiger partial charge on any atom is 0.329 e. The Morgan fingerprint density at radius 1 is 1.35 bits per heavy atom. The largest absolute Gasteiger partial charge is 0.330 e. The summed E-state index contributed by atoms with van der Waals surface area (Å²) in [5.41, 5.74) is 6.71. The molecule has 0 radical (unpaired) electrons. The van der Waals surface area contributed by atoms with Crippen LogP contribution in [0.15, 0.2) is 21.2 Å². The van der Waals surface area contributed by atoms with Gasteiger partial charge in [0.05, 0.1) is 0 Å². The summed E-state index contributed by atoms with van der Waals surface area (Å²) >= 11 is 1.75. The monoisotopic (exact) mass is 337 g/mol. The van der Waals surface area contributed by atoms with Crippen molar-refractivity contribution in [1.29, 1.82) is 0 Å². The summed E-state index contributed by atoms with van der Waals surface area (Å²) in [6.45, 7) is 5.23. The summed E-state index contributed by atoms with van der Waals surface area (Å²) in [6.07, 6.45) is 2.77. The standard InChI is InChI=1S/C15H23N5O2S/c1-10(2)4-7-20-11(5-8-23-9-6-16)17-13-12(20)14(21)18-15(22)19(13)3/h4H,5-9,16H2,1-3H3,(H,18,21,22). The number of aromatic amines is 1. The van der Waals surface area contributed by atoms with E-state index in [0.717, 1.165) is 29.3 Å². The number of thioether (sulfide) groups is 1. The van der Waals surface area contributed by atoms with Crippen LogP contribution in [0.25, 0.3) is 11.2 Å². The second kappa shape index (κ2) is 7.65. The van der Waals surface area contributed by atoms with Gasteiger partial charge in [-0.05, 0) is 13.8 Å². The first-order valence-electron chi connectivity index (χ1n) is 7.55. The van der Waals surface area contributed by atoms with Crippen LogP contribution in [0.5, 0.6) is 0 Å². The minimum absolute atomic E-state index is 0.390. The first-order valence-corrected chi connectivity index (χ1v) is 8.70. The minimum atomic E-state index is -0.446. The zero-order chi connectivity index (χ0) is 17.0. The van der Waals surface area contributed by atoms with Gasteiger partial charge in [-0.3, -0.25) is 14.3 Å². The van der Waals surface area contributed by atoms with E-state index in [4.69, 9.17) is 5.73 Å². The number of rotatable bonds is 7. The normalized spacial score (nSPS) is 11.1. The van der Waals surface area contributed by atoms with E-state index in [1.54, 1.807) is 18.8 Å². The van der Waals surface area contributed by atoms with Gasteiger partial charge in [-0.15, -0.1) is 0 Å². The number of hydrogen-bond acceptors (Lipinski definition) is 5. The molecule has 2 heterocycles. The third kappa shape index (κ3) is 3.94. The number of nitrogens with zero attached hydrogens (tertiary/aromatic N) is 3. The molecule has 0 amide bonds. The van der Waals surface area contributed by atoms with Crippen molar-refractivity contribution in [2.75, 3.05) is 18.1 Å². The molecule has 8 heteroatoms. The number of nitrogens with one attached hydrogen (secondary N) is 1. The summed E-state index contributed by atoms with van der Waals surface area (Å²) in [6, 6.07) is 0. The zero-order valence-corrected chi connectivity index (χ0v) is 14.6. The topological polar surface area (TPSA) is 98.7 Å². The van der Waals surface area contributed by atoms with Crippen LogP contribution in [-0.2, 0) is 20.0 Å². The van der Waals surface area contributed by atoms with E-state index in [2.05, 4.69) is 9.97 Å². The highest BCUT2D eigenvalue weighted by atomic mass is 32.2. The summed E-state index contributed by atoms with van der Waals surface area (Å²) in [5.74, 6) is 2.59. The molecular weight excluding hydrogens is 314 g/mol. The molecule has 0 aliphatic carbocycles. The van der Waals surface area contributed by atoms with E-state index in [1.807, 2.05) is 24.5 Å². The van der Waals surface area contributed by atoms with Crippen LogP contribution >= 0.6 is 11.8 Å². The molecular formula is C15H23N5O2S. The Labute approximate surface area is 138 Å². The van der Waals surface area contributed by atoms with E-state index < -0.39 is 11.2 Å². The van der Waals surface area contributed by atoms with Crippen LogP contribution in [0.4, 0.5) is 0 Å². The minimum Gasteiger partial charge on any atom is -0.330 e. The van der Waals surface area contributed by atoms with E-state index in [0.29, 0.717) is 24.3 Å². The maximum atomic E-state index is 12.2. The summed E-state index contributed by atoms with van der Waals surface area (Å²) in [7, 11) is 1.62. The van der Waals surface area contributed by atoms with Crippen LogP contribution in [0.2, 0.25) is 0 Å². The quantitative estimate of drug-likeness (QED) is 0.570. The lowest BCUT2D eigenvalue weighted by Crippen LogP contribution is -2.29. The Balaban J connectivity index is 2.51. The molecule has 0 spiro atoms. The summed E-state index contributed by atoms with van der Waals surface area (Å²) in [4.78, 5) is 30.9. The van der Waals surface area contributed by atoms with Crippen molar-refractivity contribution < 1.29 is 0 Å². The van der Waals surface area contributed by atoms with E-state index in [1.165, 1.54) is 4.57 Å². The van der Waals surface area contributed by atoms with E-state index in [9.17, 15) is 9.59 Å². The highest BCUT2D eigenvalue weighted by Crippen LogP contribution is 2.14. The molecule has 0 fully saturated rings. The Hall–Kier alpha value is -1.80. The highest BCUT2D eigenvalue weighted by molar-refractivity contribution is 7.99. The Morgan fingerprint density at radius 3 is 2.74 bits per heavy atom. The number of fused-ring (bicyclic) bond motifs is 1. The SMILES string of the molecule is CC(C)=CCn1c(CCSCCN)nc2c1c(=O)[nH]c(=O)n2C. The number of imidazole rings is 1. The van der Waals surface area contributed by atoms with Crippen molar-refractivity contribution in [3.05, 3.63) is 38.3 Å². The third-order valence-corrected chi connectivity index (χ3v) is 4.52. The molecule has 0 saturated heterocycles. The van der Waals surface area contributed by atoms with Crippen molar-refractivity contribution in [1.82, 2.24) is 19.1 Å². The fourth-order valence-corrected chi connectivity index (χ4v) is 2.99. The molecule has 2 aromatic heterocycles. The average Bonchev–Trinajstić information content (AvgIpc) is 2.86. The molecule has 7 nitrogen and oxygen atoms in total. The van der Waals surface area contributed by atoms with Gasteiger partial charge in [-0.25, -0.2) is 9.78 Å². The number of nitrogens with two attached hydrogens (primary N) is 1. The fraction of sp³-hybridized carbons (Fsp3) is 0.533. The van der Waals surface area contributed by atoms with Gasteiger partial charge in [0.2, 0.25) is 0 Å². The highest BCUT2D eigenvalue weighted by Gasteiger charge is 2.16. The van der Waals surface area contributed by atoms with Crippen molar-refractivity contribution >= 4 is 22.9 Å². The number of H-pyrrole nitrogens is 1. The van der Waals surface area contributed by atoms with Crippen LogP contribution in [0.3, 0.4) is 0 Å². The third-order valence-electron chi connectivity index (χ3n) is 3.50. The second-order valence-corrected chi connectivity index (χ2v) is 6.79. The zero-order valence-electron chi connectivity index (χ0n) is 13.8. The molecule has 0 unspecified atom stereocenters. The van der Waals surface area contributed by atoms with Gasteiger partial charge in [0.1, 0.15) is 5.82 Å². The van der Waals surface area contributed by atoms with Crippen molar-refractivity contribution in [3.63, 3.8) is 0 Å². The van der Waals surface area contributed by atoms with Crippen molar-refractivity contribution in [2.24, 2.45) is 12.8 Å². The summed E-state index contributed by atoms with van der Waals surface area (Å²) in [5, 5.41) is 0. The molecule has 3 N–H and O–H groups in total. The first kappa shape index (κ1) is 17.6. The first-order chi connectivity index (χ1) is 11.0. The van der Waals surface area contributed by atoms with E-state index in [-0.39, 0.29) is 0 Å². The van der Waals surface area contributed by atoms with Gasteiger partial charge in [-0.1, -0.05) is 11.6 Å². The predicted molar refractivity (Wildman–Crippen MR) is 95.1 cm³/mol. The van der Waals surface area contributed by atoms with Crippen LogP contribution < -0.4 is 17.0 Å². The second-order valence-electron chi connectivity index (χ2n) is 5.56. The maximum absolute atomic E-state index is 12.2. The molecule has 0 aliphatic rings. The van der Waals surface area contributed by atoms with Crippen LogP contribution in [0, 0.1) is 0 Å². The molecule has 0 aromatic carbocycles. The Morgan fingerprint density at radius 2 is 2.09 bits per heavy atom. The van der Waals surface area contributed by atoms with Crippen molar-refractivity contribution in [2.45, 2.75) is 26.8 Å². The fourth-order valence-electron chi connectivity index (χ4n) is 2.29. The smallest absolute Gasteiger partial charge is 0.329 e. The van der Waals surface area contributed by atoms with Gasteiger partial charge in [0, 0.05) is 38.1 Å². The van der Waals surface area contributed by atoms with Gasteiger partial charge < -0.3 is 10.3 Å². The molecule has 23 heavy (non-hydrogen) atoms. The molecule has 0 atom stereocenters. The molecule has 126 valence electrons. The number of hydrogen-bond donors (Lipinski definition) is 2. The number of allylic oxidation sites excluding steroid dienone is 2. The lowest BCUT2D eigenvalue weighted by Gasteiger charge is -2.06. The Kier molecular flexibility index (Phi) is 5.84. The van der Waals surface area contributed by atoms with Gasteiger partial charge in [-0.2, -0.15) is 11.8 Å². The van der Waals surface area contributed by atoms with Crippen LogP contribution in [0.1, 0.15) is 19.7 Å². The number of aromatic nitrogens is 4. The lowest BCUT2D eigenvalue weighted by molar-refractivity contribution is 0.764.